The second-order valence-corrected chi connectivity index (χ2v) is 5.95. The standard InChI is InChI=1S/C15H23BrN2O/c1-3-18-6-7-19-14(11-18)10-17-9-13-5-4-12(2)15(16)8-13/h4-5,8,14,17H,3,6-7,9-11H2,1-2H3. The third-order valence-corrected chi connectivity index (χ3v) is 4.46. The summed E-state index contributed by atoms with van der Waals surface area (Å²) < 4.78 is 6.96. The molecule has 0 amide bonds. The van der Waals surface area contributed by atoms with Gasteiger partial charge in [-0.25, -0.2) is 0 Å². The maximum absolute atomic E-state index is 5.78. The highest BCUT2D eigenvalue weighted by atomic mass is 79.9. The first-order valence-corrected chi connectivity index (χ1v) is 7.78. The smallest absolute Gasteiger partial charge is 0.0826 e. The van der Waals surface area contributed by atoms with E-state index in [9.17, 15) is 0 Å². The van der Waals surface area contributed by atoms with E-state index in [4.69, 9.17) is 4.74 Å². The van der Waals surface area contributed by atoms with Gasteiger partial charge in [0.2, 0.25) is 0 Å². The topological polar surface area (TPSA) is 24.5 Å². The molecule has 106 valence electrons. The van der Waals surface area contributed by atoms with Crippen molar-refractivity contribution in [1.29, 1.82) is 0 Å². The van der Waals surface area contributed by atoms with Crippen molar-refractivity contribution in [2.45, 2.75) is 26.5 Å². The minimum absolute atomic E-state index is 0.322. The molecular weight excluding hydrogens is 304 g/mol. The van der Waals surface area contributed by atoms with Crippen LogP contribution in [0.5, 0.6) is 0 Å². The van der Waals surface area contributed by atoms with E-state index < -0.39 is 0 Å². The van der Waals surface area contributed by atoms with Crippen LogP contribution in [0.25, 0.3) is 0 Å². The van der Waals surface area contributed by atoms with E-state index in [1.807, 2.05) is 0 Å². The molecule has 19 heavy (non-hydrogen) atoms. The number of halogens is 1. The maximum atomic E-state index is 5.78. The predicted molar refractivity (Wildman–Crippen MR) is 82.4 cm³/mol. The molecule has 1 fully saturated rings. The molecule has 1 aromatic rings. The molecule has 4 heteroatoms. The largest absolute Gasteiger partial charge is 0.374 e. The Balaban J connectivity index is 1.75. The van der Waals surface area contributed by atoms with Crippen molar-refractivity contribution in [3.8, 4) is 0 Å². The normalized spacial score (nSPS) is 20.7. The van der Waals surface area contributed by atoms with Crippen molar-refractivity contribution in [2.24, 2.45) is 0 Å². The zero-order valence-electron chi connectivity index (χ0n) is 11.8. The summed E-state index contributed by atoms with van der Waals surface area (Å²) in [4.78, 5) is 2.44. The van der Waals surface area contributed by atoms with E-state index in [0.29, 0.717) is 6.10 Å². The molecule has 1 unspecified atom stereocenters. The van der Waals surface area contributed by atoms with Gasteiger partial charge in [0.1, 0.15) is 0 Å². The van der Waals surface area contributed by atoms with Gasteiger partial charge in [0.25, 0.3) is 0 Å². The van der Waals surface area contributed by atoms with E-state index in [2.05, 4.69) is 58.2 Å². The highest BCUT2D eigenvalue weighted by Crippen LogP contribution is 2.17. The van der Waals surface area contributed by atoms with Crippen molar-refractivity contribution in [2.75, 3.05) is 32.8 Å². The molecular formula is C15H23BrN2O. The van der Waals surface area contributed by atoms with Crippen molar-refractivity contribution in [3.63, 3.8) is 0 Å². The molecule has 1 saturated heterocycles. The Hall–Kier alpha value is -0.420. The lowest BCUT2D eigenvalue weighted by molar-refractivity contribution is -0.0253. The Morgan fingerprint density at radius 2 is 2.32 bits per heavy atom. The number of nitrogens with zero attached hydrogens (tertiary/aromatic N) is 1. The second kappa shape index (κ2) is 7.39. The van der Waals surface area contributed by atoms with Crippen LogP contribution in [0.2, 0.25) is 0 Å². The number of hydrogen-bond acceptors (Lipinski definition) is 3. The quantitative estimate of drug-likeness (QED) is 0.900. The first-order chi connectivity index (χ1) is 9.19. The summed E-state index contributed by atoms with van der Waals surface area (Å²) in [7, 11) is 0. The summed E-state index contributed by atoms with van der Waals surface area (Å²) in [6, 6.07) is 6.51. The molecule has 0 radical (unpaired) electrons. The lowest BCUT2D eigenvalue weighted by Crippen LogP contribution is -2.46. The van der Waals surface area contributed by atoms with Crippen LogP contribution in [0, 0.1) is 6.92 Å². The van der Waals surface area contributed by atoms with Crippen molar-refractivity contribution < 1.29 is 4.74 Å². The van der Waals surface area contributed by atoms with Crippen LogP contribution in [0.15, 0.2) is 22.7 Å². The van der Waals surface area contributed by atoms with Gasteiger partial charge in [-0.3, -0.25) is 4.90 Å². The first kappa shape index (κ1) is 15.0. The van der Waals surface area contributed by atoms with Crippen molar-refractivity contribution in [1.82, 2.24) is 10.2 Å². The molecule has 0 bridgehead atoms. The second-order valence-electron chi connectivity index (χ2n) is 5.10. The summed E-state index contributed by atoms with van der Waals surface area (Å²) in [6.45, 7) is 10.2. The molecule has 1 aliphatic heterocycles. The van der Waals surface area contributed by atoms with Gasteiger partial charge >= 0.3 is 0 Å². The fraction of sp³-hybridized carbons (Fsp3) is 0.600. The van der Waals surface area contributed by atoms with Gasteiger partial charge < -0.3 is 10.1 Å². The molecule has 0 aliphatic carbocycles. The summed E-state index contributed by atoms with van der Waals surface area (Å²) in [5.74, 6) is 0. The third-order valence-electron chi connectivity index (χ3n) is 3.61. The number of benzene rings is 1. The molecule has 2 rings (SSSR count). The highest BCUT2D eigenvalue weighted by Gasteiger charge is 2.18. The Morgan fingerprint density at radius 3 is 3.05 bits per heavy atom. The van der Waals surface area contributed by atoms with E-state index in [-0.39, 0.29) is 0 Å². The lowest BCUT2D eigenvalue weighted by atomic mass is 10.1. The summed E-state index contributed by atoms with van der Waals surface area (Å²) in [6.07, 6.45) is 0.322. The Kier molecular flexibility index (Phi) is 5.82. The van der Waals surface area contributed by atoms with Crippen LogP contribution < -0.4 is 5.32 Å². The van der Waals surface area contributed by atoms with Gasteiger partial charge in [-0.15, -0.1) is 0 Å². The van der Waals surface area contributed by atoms with E-state index in [1.165, 1.54) is 15.6 Å². The van der Waals surface area contributed by atoms with E-state index >= 15 is 0 Å². The molecule has 1 aliphatic rings. The number of rotatable bonds is 5. The van der Waals surface area contributed by atoms with E-state index in [0.717, 1.165) is 39.3 Å². The van der Waals surface area contributed by atoms with Gasteiger partial charge in [0.05, 0.1) is 12.7 Å². The summed E-state index contributed by atoms with van der Waals surface area (Å²) in [5.41, 5.74) is 2.58. The fourth-order valence-electron chi connectivity index (χ4n) is 2.31. The molecule has 3 nitrogen and oxygen atoms in total. The highest BCUT2D eigenvalue weighted by molar-refractivity contribution is 9.10. The third kappa shape index (κ3) is 4.56. The molecule has 1 atom stereocenters. The SMILES string of the molecule is CCN1CCOC(CNCc2ccc(C)c(Br)c2)C1. The zero-order chi connectivity index (χ0) is 13.7. The number of aryl methyl sites for hydroxylation is 1. The van der Waals surface area contributed by atoms with Gasteiger partial charge in [0.15, 0.2) is 0 Å². The minimum Gasteiger partial charge on any atom is -0.374 e. The fourth-order valence-corrected chi connectivity index (χ4v) is 2.74. The van der Waals surface area contributed by atoms with Crippen molar-refractivity contribution >= 4 is 15.9 Å². The van der Waals surface area contributed by atoms with Crippen LogP contribution in [0.1, 0.15) is 18.1 Å². The zero-order valence-corrected chi connectivity index (χ0v) is 13.4. The lowest BCUT2D eigenvalue weighted by Gasteiger charge is -2.32. The number of likely N-dealkylation sites (N-methyl/N-ethyl adjacent to an activating group) is 1. The molecule has 1 N–H and O–H groups in total. The molecule has 0 aromatic heterocycles. The average molecular weight is 327 g/mol. The average Bonchev–Trinajstić information content (AvgIpc) is 2.43. The van der Waals surface area contributed by atoms with Crippen LogP contribution in [0.4, 0.5) is 0 Å². The molecule has 1 heterocycles. The summed E-state index contributed by atoms with van der Waals surface area (Å²) >= 11 is 3.57. The van der Waals surface area contributed by atoms with Crippen LogP contribution >= 0.6 is 15.9 Å². The first-order valence-electron chi connectivity index (χ1n) is 6.98. The minimum atomic E-state index is 0.322. The predicted octanol–water partition coefficient (Wildman–Crippen LogP) is 2.57. The monoisotopic (exact) mass is 326 g/mol. The Labute approximate surface area is 124 Å². The van der Waals surface area contributed by atoms with Crippen LogP contribution in [0.3, 0.4) is 0 Å². The number of ether oxygens (including phenoxy) is 1. The molecule has 0 spiro atoms. The van der Waals surface area contributed by atoms with E-state index in [1.54, 1.807) is 0 Å². The Bertz CT molecular complexity index is 411. The number of hydrogen-bond donors (Lipinski definition) is 1. The van der Waals surface area contributed by atoms with Crippen molar-refractivity contribution in [3.05, 3.63) is 33.8 Å². The Morgan fingerprint density at radius 1 is 1.47 bits per heavy atom. The maximum Gasteiger partial charge on any atom is 0.0826 e. The van der Waals surface area contributed by atoms with Gasteiger partial charge in [0, 0.05) is 30.7 Å². The van der Waals surface area contributed by atoms with Crippen LogP contribution in [-0.4, -0.2) is 43.8 Å². The van der Waals surface area contributed by atoms with Gasteiger partial charge in [-0.05, 0) is 30.7 Å². The van der Waals surface area contributed by atoms with Gasteiger partial charge in [-0.2, -0.15) is 0 Å². The number of morpholine rings is 1. The molecule has 0 saturated carbocycles. The molecule has 1 aromatic carbocycles. The summed E-state index contributed by atoms with van der Waals surface area (Å²) in [5, 5.41) is 3.49. The van der Waals surface area contributed by atoms with Crippen LogP contribution in [-0.2, 0) is 11.3 Å². The number of nitrogens with one attached hydrogen (secondary N) is 1. The van der Waals surface area contributed by atoms with Gasteiger partial charge in [-0.1, -0.05) is 35.0 Å².